The van der Waals surface area contributed by atoms with E-state index in [4.69, 9.17) is 0 Å². The Hall–Kier alpha value is -6.38. The zero-order valence-corrected chi connectivity index (χ0v) is 26.2. The van der Waals surface area contributed by atoms with Gasteiger partial charge in [0, 0.05) is 34.1 Å². The van der Waals surface area contributed by atoms with E-state index in [1.807, 2.05) is 0 Å². The number of hydrogen-bond donors (Lipinski definition) is 0. The van der Waals surface area contributed by atoms with Gasteiger partial charge in [0.15, 0.2) is 0 Å². The SMILES string of the molecule is c1ccc(N(c2ccccc2)c2ccc3c(c2)-c2ccc4c5c(ccc-3c25)-c2cc(N(c3ccccc3)c3ccccc3)ccc2-4)cc1. The molecule has 224 valence electrons. The minimum atomic E-state index is 1.14. The van der Waals surface area contributed by atoms with Crippen LogP contribution in [0.25, 0.3) is 55.3 Å². The van der Waals surface area contributed by atoms with Crippen LogP contribution in [0.4, 0.5) is 34.1 Å². The second-order valence-electron chi connectivity index (χ2n) is 12.5. The van der Waals surface area contributed by atoms with Crippen LogP contribution in [0.2, 0.25) is 0 Å². The van der Waals surface area contributed by atoms with Crippen molar-refractivity contribution in [2.75, 3.05) is 9.80 Å². The second-order valence-corrected chi connectivity index (χ2v) is 12.5. The van der Waals surface area contributed by atoms with E-state index < -0.39 is 0 Å². The lowest BCUT2D eigenvalue weighted by Crippen LogP contribution is -2.09. The van der Waals surface area contributed by atoms with E-state index in [0.717, 1.165) is 34.1 Å². The molecule has 0 fully saturated rings. The average Bonchev–Trinajstić information content (AvgIpc) is 3.65. The molecule has 0 atom stereocenters. The molecule has 2 aliphatic carbocycles. The number of hydrogen-bond acceptors (Lipinski definition) is 2. The molecule has 0 saturated carbocycles. The third-order valence-corrected chi connectivity index (χ3v) is 9.90. The minimum absolute atomic E-state index is 1.14. The Bertz CT molecular complexity index is 2230. The normalized spacial score (nSPS) is 11.8. The lowest BCUT2D eigenvalue weighted by Gasteiger charge is -2.26. The van der Waals surface area contributed by atoms with Gasteiger partial charge in [0.25, 0.3) is 0 Å². The van der Waals surface area contributed by atoms with Crippen LogP contribution >= 0.6 is 0 Å². The first-order chi connectivity index (χ1) is 23.8. The largest absolute Gasteiger partial charge is 0.310 e. The van der Waals surface area contributed by atoms with E-state index in [0.29, 0.717) is 0 Å². The summed E-state index contributed by atoms with van der Waals surface area (Å²) >= 11 is 0. The number of benzene rings is 8. The summed E-state index contributed by atoms with van der Waals surface area (Å²) in [7, 11) is 0. The molecule has 0 bridgehead atoms. The third-order valence-electron chi connectivity index (χ3n) is 9.90. The van der Waals surface area contributed by atoms with Gasteiger partial charge < -0.3 is 9.80 Å². The Morgan fingerprint density at radius 3 is 0.792 bits per heavy atom. The molecular formula is C46H30N2. The Balaban J connectivity index is 1.12. The third kappa shape index (κ3) is 4.00. The van der Waals surface area contributed by atoms with Crippen molar-refractivity contribution in [3.8, 4) is 44.5 Å². The molecule has 0 amide bonds. The highest BCUT2D eigenvalue weighted by Crippen LogP contribution is 2.57. The number of para-hydroxylation sites is 4. The van der Waals surface area contributed by atoms with Gasteiger partial charge in [0.2, 0.25) is 0 Å². The van der Waals surface area contributed by atoms with Crippen molar-refractivity contribution >= 4 is 44.9 Å². The number of rotatable bonds is 6. The lowest BCUT2D eigenvalue weighted by atomic mass is 9.97. The van der Waals surface area contributed by atoms with Gasteiger partial charge in [-0.3, -0.25) is 0 Å². The van der Waals surface area contributed by atoms with Crippen LogP contribution in [0, 0.1) is 0 Å². The fourth-order valence-corrected chi connectivity index (χ4v) is 7.85. The molecule has 0 spiro atoms. The van der Waals surface area contributed by atoms with Gasteiger partial charge in [-0.25, -0.2) is 0 Å². The van der Waals surface area contributed by atoms with Crippen molar-refractivity contribution in [1.29, 1.82) is 0 Å². The summed E-state index contributed by atoms with van der Waals surface area (Å²) in [5, 5.41) is 2.73. The smallest absolute Gasteiger partial charge is 0.0468 e. The van der Waals surface area contributed by atoms with Crippen LogP contribution in [0.15, 0.2) is 182 Å². The van der Waals surface area contributed by atoms with Crippen molar-refractivity contribution in [3.63, 3.8) is 0 Å². The first-order valence-electron chi connectivity index (χ1n) is 16.5. The first-order valence-corrected chi connectivity index (χ1v) is 16.5. The van der Waals surface area contributed by atoms with Crippen LogP contribution in [-0.4, -0.2) is 0 Å². The summed E-state index contributed by atoms with van der Waals surface area (Å²) in [6, 6.07) is 65.9. The molecule has 48 heavy (non-hydrogen) atoms. The van der Waals surface area contributed by atoms with Crippen molar-refractivity contribution in [3.05, 3.63) is 182 Å². The summed E-state index contributed by atoms with van der Waals surface area (Å²) in [5.41, 5.74) is 17.3. The molecule has 0 N–H and O–H groups in total. The summed E-state index contributed by atoms with van der Waals surface area (Å²) in [6.07, 6.45) is 0. The number of anilines is 6. The van der Waals surface area contributed by atoms with Crippen LogP contribution in [0.5, 0.6) is 0 Å². The quantitative estimate of drug-likeness (QED) is 0.185. The Morgan fingerprint density at radius 2 is 0.479 bits per heavy atom. The topological polar surface area (TPSA) is 6.48 Å². The molecule has 10 rings (SSSR count). The highest BCUT2D eigenvalue weighted by molar-refractivity contribution is 6.26. The molecule has 0 saturated heterocycles. The summed E-state index contributed by atoms with van der Waals surface area (Å²) in [4.78, 5) is 4.70. The molecule has 8 aromatic rings. The van der Waals surface area contributed by atoms with E-state index in [1.54, 1.807) is 0 Å². The van der Waals surface area contributed by atoms with Crippen molar-refractivity contribution < 1.29 is 0 Å². The molecule has 2 nitrogen and oxygen atoms in total. The molecule has 0 radical (unpaired) electrons. The van der Waals surface area contributed by atoms with Crippen molar-refractivity contribution in [1.82, 2.24) is 0 Å². The Kier molecular flexibility index (Phi) is 5.91. The van der Waals surface area contributed by atoms with Gasteiger partial charge >= 0.3 is 0 Å². The molecule has 0 aliphatic heterocycles. The lowest BCUT2D eigenvalue weighted by molar-refractivity contribution is 1.28. The van der Waals surface area contributed by atoms with Crippen LogP contribution in [-0.2, 0) is 0 Å². The fraction of sp³-hybridized carbons (Fsp3) is 0. The van der Waals surface area contributed by atoms with Crippen LogP contribution < -0.4 is 9.80 Å². The predicted octanol–water partition coefficient (Wildman–Crippen LogP) is 13.1. The van der Waals surface area contributed by atoms with Gasteiger partial charge in [-0.15, -0.1) is 0 Å². The maximum Gasteiger partial charge on any atom is 0.0468 e. The van der Waals surface area contributed by atoms with Gasteiger partial charge in [-0.2, -0.15) is 0 Å². The maximum absolute atomic E-state index is 2.38. The second kappa shape index (κ2) is 10.6. The minimum Gasteiger partial charge on any atom is -0.310 e. The van der Waals surface area contributed by atoms with Gasteiger partial charge in [-0.05, 0) is 128 Å². The number of fused-ring (bicyclic) bond motifs is 6. The number of nitrogens with zero attached hydrogens (tertiary/aromatic N) is 2. The van der Waals surface area contributed by atoms with E-state index in [1.165, 1.54) is 55.3 Å². The highest BCUT2D eigenvalue weighted by atomic mass is 15.1. The molecular weight excluding hydrogens is 581 g/mol. The van der Waals surface area contributed by atoms with E-state index >= 15 is 0 Å². The molecule has 8 aromatic carbocycles. The van der Waals surface area contributed by atoms with Gasteiger partial charge in [0.05, 0.1) is 0 Å². The summed E-state index contributed by atoms with van der Waals surface area (Å²) < 4.78 is 0. The maximum atomic E-state index is 2.38. The van der Waals surface area contributed by atoms with E-state index in [-0.39, 0.29) is 0 Å². The van der Waals surface area contributed by atoms with Gasteiger partial charge in [0.1, 0.15) is 0 Å². The van der Waals surface area contributed by atoms with Crippen molar-refractivity contribution in [2.45, 2.75) is 0 Å². The molecule has 2 aliphatic rings. The monoisotopic (exact) mass is 610 g/mol. The summed E-state index contributed by atoms with van der Waals surface area (Å²) in [5.74, 6) is 0. The first kappa shape index (κ1) is 26.8. The fourth-order valence-electron chi connectivity index (χ4n) is 7.85. The predicted molar refractivity (Wildman–Crippen MR) is 202 cm³/mol. The molecule has 0 aromatic heterocycles. The van der Waals surface area contributed by atoms with E-state index in [2.05, 4.69) is 192 Å². The van der Waals surface area contributed by atoms with Crippen LogP contribution in [0.3, 0.4) is 0 Å². The Labute approximate surface area is 280 Å². The van der Waals surface area contributed by atoms with Gasteiger partial charge in [-0.1, -0.05) is 109 Å². The van der Waals surface area contributed by atoms with Crippen LogP contribution in [0.1, 0.15) is 0 Å². The molecule has 0 heterocycles. The van der Waals surface area contributed by atoms with Crippen molar-refractivity contribution in [2.24, 2.45) is 0 Å². The average molecular weight is 611 g/mol. The summed E-state index contributed by atoms with van der Waals surface area (Å²) in [6.45, 7) is 0. The molecule has 0 unspecified atom stereocenters. The standard InChI is InChI=1S/C46H30N2/c1-5-13-31(14-6-1)47(32-15-7-2-8-16-32)35-21-23-37-39-26-28-42-44-30-36(48(33-17-9-3-10-18-33)34-19-11-4-12-20-34)22-24-38(44)40-25-27-41(43(37)29-35)45(39)46(40)42/h1-30H. The Morgan fingerprint density at radius 1 is 0.208 bits per heavy atom. The molecule has 2 heteroatoms. The zero-order chi connectivity index (χ0) is 31.6. The zero-order valence-electron chi connectivity index (χ0n) is 26.2. The van der Waals surface area contributed by atoms with E-state index in [9.17, 15) is 0 Å². The highest BCUT2D eigenvalue weighted by Gasteiger charge is 2.30.